The number of pyridine rings is 1. The van der Waals surface area contributed by atoms with Crippen LogP contribution in [0, 0.1) is 24.0 Å². The molecule has 1 aromatic heterocycles. The number of benzene rings is 2. The van der Waals surface area contributed by atoms with Crippen LogP contribution >= 0.6 is 0 Å². The number of rotatable bonds is 6. The fraction of sp³-hybridized carbons (Fsp3) is 0.190. The molecule has 2 aromatic carbocycles. The summed E-state index contributed by atoms with van der Waals surface area (Å²) < 4.78 is 10.2. The van der Waals surface area contributed by atoms with Crippen LogP contribution in [-0.4, -0.2) is 35.5 Å². The van der Waals surface area contributed by atoms with E-state index in [0.717, 1.165) is 0 Å². The number of carbonyl (C=O) groups excluding carboxylic acids is 2. The summed E-state index contributed by atoms with van der Waals surface area (Å²) in [6.07, 6.45) is 0. The Bertz CT molecular complexity index is 1160. The van der Waals surface area contributed by atoms with Crippen molar-refractivity contribution in [3.05, 3.63) is 69.4 Å². The van der Waals surface area contributed by atoms with E-state index >= 15 is 0 Å². The molecule has 0 atom stereocenters. The molecule has 0 radical (unpaired) electrons. The molecule has 0 fully saturated rings. The molecular weight excluding hydrogens is 390 g/mol. The Balaban J connectivity index is 1.73. The highest BCUT2D eigenvalue weighted by Gasteiger charge is 2.19. The minimum Gasteiger partial charge on any atom is -0.490 e. The number of para-hydroxylation sites is 1. The van der Waals surface area contributed by atoms with Crippen LogP contribution < -0.4 is 10.1 Å². The maximum Gasteiger partial charge on any atom is 0.339 e. The van der Waals surface area contributed by atoms with Gasteiger partial charge in [0.25, 0.3) is 5.91 Å². The fourth-order valence-corrected chi connectivity index (χ4v) is 2.99. The SMILES string of the molecule is COc1cc(NC(=O)COC(=O)c2cc(C)nc3ccccc23)c(C)cc1[N+](=O)[O-]. The Morgan fingerprint density at radius 1 is 1.17 bits per heavy atom. The summed E-state index contributed by atoms with van der Waals surface area (Å²) in [6.45, 7) is 2.86. The molecule has 0 unspecified atom stereocenters. The molecule has 154 valence electrons. The van der Waals surface area contributed by atoms with E-state index in [9.17, 15) is 19.7 Å². The van der Waals surface area contributed by atoms with Gasteiger partial charge in [0.2, 0.25) is 0 Å². The fourth-order valence-electron chi connectivity index (χ4n) is 2.99. The lowest BCUT2D eigenvalue weighted by atomic mass is 10.1. The molecule has 0 saturated heterocycles. The average Bonchev–Trinajstić information content (AvgIpc) is 2.72. The smallest absolute Gasteiger partial charge is 0.339 e. The van der Waals surface area contributed by atoms with E-state index in [2.05, 4.69) is 10.3 Å². The Kier molecular flexibility index (Phi) is 5.91. The summed E-state index contributed by atoms with van der Waals surface area (Å²) >= 11 is 0. The van der Waals surface area contributed by atoms with Crippen LogP contribution in [0.1, 0.15) is 21.6 Å². The molecule has 1 N–H and O–H groups in total. The minimum atomic E-state index is -0.648. The molecule has 9 nitrogen and oxygen atoms in total. The first-order chi connectivity index (χ1) is 14.3. The molecule has 0 aliphatic heterocycles. The van der Waals surface area contributed by atoms with E-state index in [4.69, 9.17) is 9.47 Å². The molecule has 0 saturated carbocycles. The van der Waals surface area contributed by atoms with Gasteiger partial charge in [-0.2, -0.15) is 0 Å². The van der Waals surface area contributed by atoms with Crippen LogP contribution in [0.5, 0.6) is 5.75 Å². The number of amides is 1. The van der Waals surface area contributed by atoms with E-state index in [-0.39, 0.29) is 11.4 Å². The van der Waals surface area contributed by atoms with Gasteiger partial charge in [-0.15, -0.1) is 0 Å². The van der Waals surface area contributed by atoms with Crippen LogP contribution in [0.4, 0.5) is 11.4 Å². The third-order valence-electron chi connectivity index (χ3n) is 4.40. The van der Waals surface area contributed by atoms with Crippen LogP contribution in [0.15, 0.2) is 42.5 Å². The highest BCUT2D eigenvalue weighted by atomic mass is 16.6. The van der Waals surface area contributed by atoms with Crippen molar-refractivity contribution in [3.63, 3.8) is 0 Å². The number of fused-ring (bicyclic) bond motifs is 1. The topological polar surface area (TPSA) is 121 Å². The summed E-state index contributed by atoms with van der Waals surface area (Å²) in [5, 5.41) is 14.3. The van der Waals surface area contributed by atoms with Gasteiger partial charge in [-0.3, -0.25) is 19.9 Å². The van der Waals surface area contributed by atoms with Gasteiger partial charge in [0.15, 0.2) is 12.4 Å². The van der Waals surface area contributed by atoms with Crippen molar-refractivity contribution >= 4 is 34.2 Å². The second kappa shape index (κ2) is 8.56. The van der Waals surface area contributed by atoms with Gasteiger partial charge in [0.1, 0.15) is 0 Å². The van der Waals surface area contributed by atoms with Crippen LogP contribution in [-0.2, 0) is 9.53 Å². The van der Waals surface area contributed by atoms with Crippen LogP contribution in [0.3, 0.4) is 0 Å². The summed E-state index contributed by atoms with van der Waals surface area (Å²) in [6, 6.07) is 11.4. The van der Waals surface area contributed by atoms with Crippen molar-refractivity contribution in [1.82, 2.24) is 4.98 Å². The summed E-state index contributed by atoms with van der Waals surface area (Å²) in [4.78, 5) is 39.7. The van der Waals surface area contributed by atoms with Gasteiger partial charge in [0.05, 0.1) is 23.1 Å². The summed E-state index contributed by atoms with van der Waals surface area (Å²) in [5.41, 5.74) is 2.21. The lowest BCUT2D eigenvalue weighted by Gasteiger charge is -2.12. The molecule has 0 aliphatic rings. The minimum absolute atomic E-state index is 0.0108. The zero-order valence-corrected chi connectivity index (χ0v) is 16.6. The molecule has 1 heterocycles. The third kappa shape index (κ3) is 4.35. The predicted octanol–water partition coefficient (Wildman–Crippen LogP) is 3.56. The molecule has 1 amide bonds. The van der Waals surface area contributed by atoms with Crippen molar-refractivity contribution in [2.24, 2.45) is 0 Å². The van der Waals surface area contributed by atoms with Crippen LogP contribution in [0.25, 0.3) is 10.9 Å². The molecule has 3 aromatic rings. The maximum atomic E-state index is 12.5. The molecule has 9 heteroatoms. The number of aryl methyl sites for hydroxylation is 2. The lowest BCUT2D eigenvalue weighted by molar-refractivity contribution is -0.385. The number of methoxy groups -OCH3 is 1. The number of carbonyl (C=O) groups is 2. The number of nitrogens with one attached hydrogen (secondary N) is 1. The molecular formula is C21H19N3O6. The number of aromatic nitrogens is 1. The van der Waals surface area contributed by atoms with Gasteiger partial charge >= 0.3 is 11.7 Å². The Morgan fingerprint density at radius 2 is 1.90 bits per heavy atom. The van der Waals surface area contributed by atoms with Gasteiger partial charge in [0, 0.05) is 28.9 Å². The zero-order chi connectivity index (χ0) is 21.8. The van der Waals surface area contributed by atoms with Crippen molar-refractivity contribution in [2.45, 2.75) is 13.8 Å². The van der Waals surface area contributed by atoms with Crippen molar-refractivity contribution in [1.29, 1.82) is 0 Å². The highest BCUT2D eigenvalue weighted by Crippen LogP contribution is 2.32. The van der Waals surface area contributed by atoms with Crippen molar-refractivity contribution in [2.75, 3.05) is 19.0 Å². The molecule has 0 spiro atoms. The quantitative estimate of drug-likeness (QED) is 0.375. The summed E-state index contributed by atoms with van der Waals surface area (Å²) in [7, 11) is 1.30. The van der Waals surface area contributed by atoms with Crippen LogP contribution in [0.2, 0.25) is 0 Å². The highest BCUT2D eigenvalue weighted by molar-refractivity contribution is 6.04. The Morgan fingerprint density at radius 3 is 2.60 bits per heavy atom. The number of nitrogens with zero attached hydrogens (tertiary/aromatic N) is 2. The van der Waals surface area contributed by atoms with E-state index in [0.29, 0.717) is 33.4 Å². The number of nitro benzene ring substituents is 1. The van der Waals surface area contributed by atoms with Gasteiger partial charge in [-0.05, 0) is 31.5 Å². The summed E-state index contributed by atoms with van der Waals surface area (Å²) in [5.74, 6) is -1.22. The third-order valence-corrected chi connectivity index (χ3v) is 4.40. The maximum absolute atomic E-state index is 12.5. The molecule has 3 rings (SSSR count). The average molecular weight is 409 g/mol. The molecule has 0 bridgehead atoms. The lowest BCUT2D eigenvalue weighted by Crippen LogP contribution is -2.21. The van der Waals surface area contributed by atoms with E-state index in [1.54, 1.807) is 38.1 Å². The number of hydrogen-bond donors (Lipinski definition) is 1. The Labute approximate surface area is 171 Å². The van der Waals surface area contributed by atoms with E-state index in [1.165, 1.54) is 19.2 Å². The van der Waals surface area contributed by atoms with Gasteiger partial charge in [-0.1, -0.05) is 18.2 Å². The normalized spacial score (nSPS) is 10.5. The number of esters is 1. The predicted molar refractivity (Wildman–Crippen MR) is 110 cm³/mol. The number of nitro groups is 1. The molecule has 0 aliphatic carbocycles. The number of hydrogen-bond acceptors (Lipinski definition) is 7. The van der Waals surface area contributed by atoms with Gasteiger partial charge in [-0.25, -0.2) is 4.79 Å². The standard InChI is InChI=1S/C21H19N3O6/c1-12-8-18(24(27)28)19(29-3)10-17(12)23-20(25)11-30-21(26)15-9-13(2)22-16-7-5-4-6-14(15)16/h4-10H,11H2,1-3H3,(H,23,25). The van der Waals surface area contributed by atoms with E-state index < -0.39 is 23.4 Å². The number of ether oxygens (including phenoxy) is 2. The van der Waals surface area contributed by atoms with E-state index in [1.807, 2.05) is 6.07 Å². The largest absolute Gasteiger partial charge is 0.490 e. The number of anilines is 1. The van der Waals surface area contributed by atoms with Crippen molar-refractivity contribution in [3.8, 4) is 5.75 Å². The first-order valence-electron chi connectivity index (χ1n) is 8.96. The van der Waals surface area contributed by atoms with Crippen molar-refractivity contribution < 1.29 is 24.0 Å². The molecule has 30 heavy (non-hydrogen) atoms. The Hall–Kier alpha value is -4.01. The first kappa shape index (κ1) is 20.7. The zero-order valence-electron chi connectivity index (χ0n) is 16.6. The van der Waals surface area contributed by atoms with Gasteiger partial charge < -0.3 is 14.8 Å². The second-order valence-electron chi connectivity index (χ2n) is 6.55. The second-order valence-corrected chi connectivity index (χ2v) is 6.55. The first-order valence-corrected chi connectivity index (χ1v) is 8.96. The monoisotopic (exact) mass is 409 g/mol.